The smallest absolute Gasteiger partial charge is 0.0439 e. The Kier molecular flexibility index (Phi) is 3.81. The zero-order valence-corrected chi connectivity index (χ0v) is 12.9. The summed E-state index contributed by atoms with van der Waals surface area (Å²) in [5, 5.41) is 5.07. The van der Waals surface area contributed by atoms with Crippen molar-refractivity contribution in [3.63, 3.8) is 0 Å². The average molecular weight is 298 g/mol. The summed E-state index contributed by atoms with van der Waals surface area (Å²) in [6, 6.07) is 5.85. The molecule has 0 spiro atoms. The molecule has 3 heteroatoms. The highest BCUT2D eigenvalue weighted by atomic mass is 35.5. The molecular weight excluding hydrogens is 277 g/mol. The van der Waals surface area contributed by atoms with E-state index in [1.807, 2.05) is 18.2 Å². The topological polar surface area (TPSA) is 12.0 Å². The largest absolute Gasteiger partial charge is 0.319 e. The first-order valence-electron chi connectivity index (χ1n) is 7.21. The minimum Gasteiger partial charge on any atom is -0.319 e. The maximum absolute atomic E-state index is 6.36. The lowest BCUT2D eigenvalue weighted by atomic mass is 9.69. The van der Waals surface area contributed by atoms with Gasteiger partial charge in [0.15, 0.2) is 0 Å². The molecule has 1 nitrogen and oxygen atoms in total. The summed E-state index contributed by atoms with van der Waals surface area (Å²) >= 11 is 12.5. The fourth-order valence-electron chi connectivity index (χ4n) is 4.46. The first-order chi connectivity index (χ1) is 9.13. The van der Waals surface area contributed by atoms with E-state index in [0.717, 1.165) is 34.8 Å². The lowest BCUT2D eigenvalue weighted by molar-refractivity contribution is 0.160. The van der Waals surface area contributed by atoms with Crippen LogP contribution in [-0.2, 0) is 6.42 Å². The molecule has 1 N–H and O–H groups in total. The van der Waals surface area contributed by atoms with E-state index in [4.69, 9.17) is 23.2 Å². The first-order valence-corrected chi connectivity index (χ1v) is 7.97. The Labute approximate surface area is 125 Å². The van der Waals surface area contributed by atoms with Gasteiger partial charge >= 0.3 is 0 Å². The normalized spacial score (nSPS) is 33.0. The van der Waals surface area contributed by atoms with Gasteiger partial charge in [0.1, 0.15) is 0 Å². The van der Waals surface area contributed by atoms with Crippen molar-refractivity contribution in [2.45, 2.75) is 32.1 Å². The number of hydrogen-bond donors (Lipinski definition) is 1. The number of fused-ring (bicyclic) bond motifs is 2. The molecule has 0 amide bonds. The van der Waals surface area contributed by atoms with E-state index in [0.29, 0.717) is 5.41 Å². The van der Waals surface area contributed by atoms with Crippen LogP contribution >= 0.6 is 23.2 Å². The quantitative estimate of drug-likeness (QED) is 0.859. The molecule has 2 aliphatic rings. The molecule has 1 aromatic carbocycles. The van der Waals surface area contributed by atoms with Gasteiger partial charge in [-0.25, -0.2) is 0 Å². The molecule has 2 bridgehead atoms. The second-order valence-electron chi connectivity index (χ2n) is 6.39. The molecule has 2 aliphatic carbocycles. The second-order valence-corrected chi connectivity index (χ2v) is 7.23. The van der Waals surface area contributed by atoms with Gasteiger partial charge in [-0.05, 0) is 73.7 Å². The van der Waals surface area contributed by atoms with E-state index in [-0.39, 0.29) is 0 Å². The zero-order valence-electron chi connectivity index (χ0n) is 11.4. The fourth-order valence-corrected chi connectivity index (χ4v) is 4.84. The van der Waals surface area contributed by atoms with Gasteiger partial charge in [0.2, 0.25) is 0 Å². The van der Waals surface area contributed by atoms with Crippen LogP contribution in [0.3, 0.4) is 0 Å². The van der Waals surface area contributed by atoms with Crippen molar-refractivity contribution < 1.29 is 0 Å². The molecule has 3 unspecified atom stereocenters. The predicted molar refractivity (Wildman–Crippen MR) is 82.0 cm³/mol. The Bertz CT molecular complexity index is 474. The Hall–Kier alpha value is -0.240. The van der Waals surface area contributed by atoms with Gasteiger partial charge in [-0.15, -0.1) is 0 Å². The molecule has 2 fully saturated rings. The van der Waals surface area contributed by atoms with Crippen LogP contribution in [0.2, 0.25) is 10.0 Å². The first kappa shape index (κ1) is 13.7. The van der Waals surface area contributed by atoms with Crippen LogP contribution in [0.5, 0.6) is 0 Å². The van der Waals surface area contributed by atoms with E-state index < -0.39 is 0 Å². The second kappa shape index (κ2) is 5.27. The van der Waals surface area contributed by atoms with Gasteiger partial charge in [0.05, 0.1) is 0 Å². The maximum atomic E-state index is 6.36. The van der Waals surface area contributed by atoms with Crippen molar-refractivity contribution in [3.05, 3.63) is 33.8 Å². The SMILES string of the molecule is CNCC1(Cc2cc(Cl)ccc2Cl)CC2CCC1C2. The van der Waals surface area contributed by atoms with Gasteiger partial charge in [0.25, 0.3) is 0 Å². The molecule has 2 saturated carbocycles. The van der Waals surface area contributed by atoms with Crippen LogP contribution in [0.25, 0.3) is 0 Å². The number of benzene rings is 1. The highest BCUT2D eigenvalue weighted by molar-refractivity contribution is 6.33. The van der Waals surface area contributed by atoms with Crippen LogP contribution in [0, 0.1) is 17.3 Å². The number of nitrogens with one attached hydrogen (secondary N) is 1. The monoisotopic (exact) mass is 297 g/mol. The minimum atomic E-state index is 0.395. The molecule has 0 aliphatic heterocycles. The number of rotatable bonds is 4. The summed E-state index contributed by atoms with van der Waals surface area (Å²) in [5.41, 5.74) is 1.61. The van der Waals surface area contributed by atoms with Crippen LogP contribution < -0.4 is 5.32 Å². The molecule has 3 atom stereocenters. The van der Waals surface area contributed by atoms with E-state index in [1.54, 1.807) is 0 Å². The zero-order chi connectivity index (χ0) is 13.5. The molecule has 104 valence electrons. The van der Waals surface area contributed by atoms with Crippen molar-refractivity contribution in [1.29, 1.82) is 0 Å². The van der Waals surface area contributed by atoms with Crippen molar-refractivity contribution in [3.8, 4) is 0 Å². The standard InChI is InChI=1S/C16H21Cl2N/c1-19-10-16(8-11-2-3-13(16)6-11)9-12-7-14(17)4-5-15(12)18/h4-5,7,11,13,19H,2-3,6,8-10H2,1H3. The summed E-state index contributed by atoms with van der Waals surface area (Å²) in [7, 11) is 2.06. The lowest BCUT2D eigenvalue weighted by Crippen LogP contribution is -2.39. The summed E-state index contributed by atoms with van der Waals surface area (Å²) in [4.78, 5) is 0. The van der Waals surface area contributed by atoms with Crippen molar-refractivity contribution in [1.82, 2.24) is 5.32 Å². The van der Waals surface area contributed by atoms with Crippen molar-refractivity contribution in [2.75, 3.05) is 13.6 Å². The predicted octanol–water partition coefficient (Wildman–Crippen LogP) is 4.56. The maximum Gasteiger partial charge on any atom is 0.0439 e. The van der Waals surface area contributed by atoms with Crippen molar-refractivity contribution in [2.24, 2.45) is 17.3 Å². The van der Waals surface area contributed by atoms with E-state index in [2.05, 4.69) is 12.4 Å². The Morgan fingerprint density at radius 3 is 2.79 bits per heavy atom. The molecule has 3 rings (SSSR count). The molecule has 0 saturated heterocycles. The Morgan fingerprint density at radius 1 is 1.32 bits per heavy atom. The fraction of sp³-hybridized carbons (Fsp3) is 0.625. The summed E-state index contributed by atoms with van der Waals surface area (Å²) in [6.07, 6.45) is 6.65. The molecule has 1 aromatic rings. The summed E-state index contributed by atoms with van der Waals surface area (Å²) in [5.74, 6) is 1.80. The van der Waals surface area contributed by atoms with Gasteiger partial charge in [-0.1, -0.05) is 29.6 Å². The Balaban J connectivity index is 1.88. The van der Waals surface area contributed by atoms with E-state index >= 15 is 0 Å². The lowest BCUT2D eigenvalue weighted by Gasteiger charge is -2.38. The average Bonchev–Trinajstić information content (AvgIpc) is 2.95. The summed E-state index contributed by atoms with van der Waals surface area (Å²) < 4.78 is 0. The molecule has 0 radical (unpaired) electrons. The van der Waals surface area contributed by atoms with Gasteiger partial charge in [-0.2, -0.15) is 0 Å². The van der Waals surface area contributed by atoms with E-state index in [1.165, 1.54) is 31.2 Å². The Morgan fingerprint density at radius 2 is 2.16 bits per heavy atom. The highest BCUT2D eigenvalue weighted by Crippen LogP contribution is 2.57. The summed E-state index contributed by atoms with van der Waals surface area (Å²) in [6.45, 7) is 1.09. The molecular formula is C16H21Cl2N. The number of hydrogen-bond acceptors (Lipinski definition) is 1. The van der Waals surface area contributed by atoms with Crippen LogP contribution in [0.15, 0.2) is 18.2 Å². The van der Waals surface area contributed by atoms with Crippen LogP contribution in [0.1, 0.15) is 31.2 Å². The third kappa shape index (κ3) is 2.53. The molecule has 0 heterocycles. The van der Waals surface area contributed by atoms with E-state index in [9.17, 15) is 0 Å². The van der Waals surface area contributed by atoms with Crippen molar-refractivity contribution >= 4 is 23.2 Å². The third-order valence-corrected chi connectivity index (χ3v) is 5.79. The van der Waals surface area contributed by atoms with Gasteiger partial charge in [-0.3, -0.25) is 0 Å². The van der Waals surface area contributed by atoms with Crippen LogP contribution in [-0.4, -0.2) is 13.6 Å². The number of halogens is 2. The van der Waals surface area contributed by atoms with Gasteiger partial charge in [0, 0.05) is 16.6 Å². The highest BCUT2D eigenvalue weighted by Gasteiger charge is 2.50. The van der Waals surface area contributed by atoms with Crippen LogP contribution in [0.4, 0.5) is 0 Å². The minimum absolute atomic E-state index is 0.395. The third-order valence-electron chi connectivity index (χ3n) is 5.18. The molecule has 0 aromatic heterocycles. The molecule has 19 heavy (non-hydrogen) atoms. The van der Waals surface area contributed by atoms with Gasteiger partial charge < -0.3 is 5.32 Å².